The Labute approximate surface area is 308 Å². The van der Waals surface area contributed by atoms with E-state index in [1.54, 1.807) is 31.5 Å². The zero-order valence-electron chi connectivity index (χ0n) is 28.9. The number of para-hydroxylation sites is 1. The number of aryl methyl sites for hydroxylation is 2. The van der Waals surface area contributed by atoms with E-state index in [4.69, 9.17) is 33.5 Å². The molecule has 0 atom stereocenters. The molecule has 0 unspecified atom stereocenters. The third kappa shape index (κ3) is 9.19. The number of hydrogen-bond acceptors (Lipinski definition) is 11. The second-order valence-corrected chi connectivity index (χ2v) is 11.8. The number of nitrogens with two attached hydrogens (primary N) is 3. The Morgan fingerprint density at radius 1 is 0.566 bits per heavy atom. The molecule has 53 heavy (non-hydrogen) atoms. The number of anilines is 3. The van der Waals surface area contributed by atoms with Gasteiger partial charge < -0.3 is 21.9 Å². The van der Waals surface area contributed by atoms with Crippen LogP contribution in [0.3, 0.4) is 0 Å². The largest absolute Gasteiger partial charge is 0.481 e. The quantitative estimate of drug-likeness (QED) is 0.220. The fourth-order valence-electron chi connectivity index (χ4n) is 4.81. The molecule has 3 aromatic carbocycles. The van der Waals surface area contributed by atoms with Crippen LogP contribution < -0.4 is 39.0 Å². The number of nitrogen functional groups attached to an aromatic ring is 3. The van der Waals surface area contributed by atoms with Crippen LogP contribution in [0.15, 0.2) is 136 Å². The fourth-order valence-corrected chi connectivity index (χ4v) is 4.95. The molecule has 0 radical (unpaired) electrons. The maximum atomic E-state index is 12.0. The summed E-state index contributed by atoms with van der Waals surface area (Å²) in [5.74, 6) is 1.05. The highest BCUT2D eigenvalue weighted by atomic mass is 35.5. The smallest absolute Gasteiger partial charge is 0.354 e. The van der Waals surface area contributed by atoms with Crippen molar-refractivity contribution in [2.24, 2.45) is 0 Å². The van der Waals surface area contributed by atoms with Crippen molar-refractivity contribution in [1.29, 1.82) is 0 Å². The number of ether oxygens (including phenoxy) is 1. The lowest BCUT2D eigenvalue weighted by atomic mass is 10.1. The van der Waals surface area contributed by atoms with Crippen LogP contribution in [0.1, 0.15) is 11.1 Å². The number of methoxy groups -OCH3 is 1. The molecule has 7 aromatic rings. The van der Waals surface area contributed by atoms with E-state index in [0.29, 0.717) is 17.3 Å². The predicted molar refractivity (Wildman–Crippen MR) is 207 cm³/mol. The molecular weight excluding hydrogens is 696 g/mol. The van der Waals surface area contributed by atoms with Gasteiger partial charge in [0.15, 0.2) is 0 Å². The van der Waals surface area contributed by atoms with Crippen molar-refractivity contribution in [3.63, 3.8) is 0 Å². The number of hydrogen-bond donors (Lipinski definition) is 3. The van der Waals surface area contributed by atoms with E-state index in [1.165, 1.54) is 33.2 Å². The molecular formula is C38H35ClN10O4. The SMILES string of the molecule is COc1ccc(-n2cc(C)c(N)nc2=O)cn1.Cc1cn(-c2ccccc2)c(=O)nc1N.Nc1nc(=O)n(-c2cccc(-c3ccccc3)c2)cc1Cl. The molecule has 0 aliphatic heterocycles. The monoisotopic (exact) mass is 730 g/mol. The molecule has 6 N–H and O–H groups in total. The van der Waals surface area contributed by atoms with Crippen LogP contribution >= 0.6 is 11.6 Å². The molecule has 0 saturated carbocycles. The lowest BCUT2D eigenvalue weighted by Gasteiger charge is -2.09. The van der Waals surface area contributed by atoms with Crippen LogP contribution in [0.4, 0.5) is 17.5 Å². The number of nitrogens with zero attached hydrogens (tertiary/aromatic N) is 7. The zero-order valence-corrected chi connectivity index (χ0v) is 29.7. The molecule has 7 rings (SSSR count). The van der Waals surface area contributed by atoms with Crippen molar-refractivity contribution < 1.29 is 4.74 Å². The minimum absolute atomic E-state index is 0.0390. The van der Waals surface area contributed by atoms with Crippen molar-refractivity contribution in [3.8, 4) is 34.1 Å². The Hall–Kier alpha value is -7.06. The van der Waals surface area contributed by atoms with E-state index < -0.39 is 11.4 Å². The van der Waals surface area contributed by atoms with Gasteiger partial charge in [-0.1, -0.05) is 72.3 Å². The molecule has 0 amide bonds. The summed E-state index contributed by atoms with van der Waals surface area (Å²) in [6.45, 7) is 3.61. The van der Waals surface area contributed by atoms with Gasteiger partial charge >= 0.3 is 17.1 Å². The zero-order chi connectivity index (χ0) is 38.1. The maximum Gasteiger partial charge on any atom is 0.354 e. The summed E-state index contributed by atoms with van der Waals surface area (Å²) in [7, 11) is 1.53. The third-order valence-corrected chi connectivity index (χ3v) is 7.97. The minimum atomic E-state index is -0.456. The molecule has 0 aliphatic carbocycles. The standard InChI is InChI=1S/C16H12ClN3O.C11H12N4O2.C11H11N3O/c17-14-10-20(16(21)19-15(14)18)13-8-4-7-12(9-13)11-5-2-1-3-6-11;1-7-6-15(11(16)14-10(7)12)8-3-4-9(17-2)13-5-8;1-8-7-14(11(15)13-10(8)12)9-5-3-2-4-6-9/h1-10H,(H2,18,19,21);3-6H,1-2H3,(H2,12,14,16);2-7H,1H3,(H2,12,13,15). The molecule has 4 heterocycles. The number of rotatable bonds is 5. The topological polar surface area (TPSA) is 205 Å². The van der Waals surface area contributed by atoms with E-state index in [1.807, 2.05) is 91.9 Å². The molecule has 0 fully saturated rings. The first-order valence-electron chi connectivity index (χ1n) is 15.9. The first-order chi connectivity index (χ1) is 25.4. The van der Waals surface area contributed by atoms with Crippen LogP contribution in [0.2, 0.25) is 5.02 Å². The van der Waals surface area contributed by atoms with E-state index in [-0.39, 0.29) is 28.2 Å². The van der Waals surface area contributed by atoms with Gasteiger partial charge in [0.1, 0.15) is 17.5 Å². The van der Waals surface area contributed by atoms with Crippen LogP contribution in [0, 0.1) is 13.8 Å². The second-order valence-electron chi connectivity index (χ2n) is 11.4. The molecule has 0 aliphatic rings. The molecule has 0 saturated heterocycles. The van der Waals surface area contributed by atoms with Gasteiger partial charge in [0.05, 0.1) is 35.4 Å². The Bertz CT molecular complexity index is 2520. The highest BCUT2D eigenvalue weighted by Gasteiger charge is 2.08. The molecule has 268 valence electrons. The van der Waals surface area contributed by atoms with E-state index >= 15 is 0 Å². The Kier molecular flexibility index (Phi) is 11.8. The van der Waals surface area contributed by atoms with Gasteiger partial charge in [-0.3, -0.25) is 13.7 Å². The van der Waals surface area contributed by atoms with E-state index in [9.17, 15) is 14.4 Å². The lowest BCUT2D eigenvalue weighted by molar-refractivity contribution is 0.398. The first-order valence-corrected chi connectivity index (χ1v) is 16.3. The van der Waals surface area contributed by atoms with Gasteiger partial charge in [0.2, 0.25) is 5.88 Å². The van der Waals surface area contributed by atoms with Crippen molar-refractivity contribution in [1.82, 2.24) is 33.6 Å². The maximum absolute atomic E-state index is 12.0. The molecule has 4 aromatic heterocycles. The number of pyridine rings is 1. The third-order valence-electron chi connectivity index (χ3n) is 7.68. The van der Waals surface area contributed by atoms with Crippen molar-refractivity contribution in [3.05, 3.63) is 169 Å². The van der Waals surface area contributed by atoms with Gasteiger partial charge in [-0.05, 0) is 55.3 Å². The summed E-state index contributed by atoms with van der Waals surface area (Å²) in [6.07, 6.45) is 6.35. The van der Waals surface area contributed by atoms with Crippen LogP contribution in [0.5, 0.6) is 5.88 Å². The van der Waals surface area contributed by atoms with Gasteiger partial charge in [0, 0.05) is 35.8 Å². The van der Waals surface area contributed by atoms with Crippen LogP contribution in [-0.2, 0) is 0 Å². The summed E-state index contributed by atoms with van der Waals surface area (Å²) in [4.78, 5) is 50.4. The van der Waals surface area contributed by atoms with Gasteiger partial charge in [-0.15, -0.1) is 0 Å². The Balaban J connectivity index is 0.000000156. The normalized spacial score (nSPS) is 10.3. The highest BCUT2D eigenvalue weighted by Crippen LogP contribution is 2.22. The van der Waals surface area contributed by atoms with Gasteiger partial charge in [0.25, 0.3) is 0 Å². The van der Waals surface area contributed by atoms with Crippen molar-refractivity contribution >= 4 is 29.1 Å². The minimum Gasteiger partial charge on any atom is -0.481 e. The summed E-state index contributed by atoms with van der Waals surface area (Å²) in [5.41, 5.74) is 21.1. The molecule has 14 nitrogen and oxygen atoms in total. The van der Waals surface area contributed by atoms with Crippen LogP contribution in [0.25, 0.3) is 28.2 Å². The molecule has 0 spiro atoms. The number of halogens is 1. The van der Waals surface area contributed by atoms with Gasteiger partial charge in [-0.2, -0.15) is 15.0 Å². The average molecular weight is 731 g/mol. The summed E-state index contributed by atoms with van der Waals surface area (Å²) < 4.78 is 9.19. The van der Waals surface area contributed by atoms with Crippen LogP contribution in [-0.4, -0.2) is 40.7 Å². The fraction of sp³-hybridized carbons (Fsp3) is 0.0789. The first kappa shape index (κ1) is 37.2. The predicted octanol–water partition coefficient (Wildman–Crippen LogP) is 4.78. The van der Waals surface area contributed by atoms with Crippen molar-refractivity contribution in [2.75, 3.05) is 24.3 Å². The average Bonchev–Trinajstić information content (AvgIpc) is 3.17. The number of benzene rings is 3. The highest BCUT2D eigenvalue weighted by molar-refractivity contribution is 6.32. The van der Waals surface area contributed by atoms with Gasteiger partial charge in [-0.25, -0.2) is 19.4 Å². The summed E-state index contributed by atoms with van der Waals surface area (Å²) in [5, 5.41) is 0.250. The second kappa shape index (κ2) is 16.8. The van der Waals surface area contributed by atoms with E-state index in [2.05, 4.69) is 19.9 Å². The summed E-state index contributed by atoms with van der Waals surface area (Å²) in [6, 6.07) is 30.2. The Morgan fingerprint density at radius 2 is 1.06 bits per heavy atom. The number of aromatic nitrogens is 7. The molecule has 15 heteroatoms. The lowest BCUT2D eigenvalue weighted by Crippen LogP contribution is -2.23. The van der Waals surface area contributed by atoms with E-state index in [0.717, 1.165) is 27.9 Å². The summed E-state index contributed by atoms with van der Waals surface area (Å²) >= 11 is 5.95. The Morgan fingerprint density at radius 3 is 1.60 bits per heavy atom. The van der Waals surface area contributed by atoms with Crippen molar-refractivity contribution in [2.45, 2.75) is 13.8 Å². The molecule has 0 bridgehead atoms.